The second-order valence-corrected chi connectivity index (χ2v) is 8.66. The fraction of sp³-hybridized carbons (Fsp3) is 0.391. The van der Waals surface area contributed by atoms with Crippen molar-refractivity contribution in [3.05, 3.63) is 64.2 Å². The standard InChI is InChI=1S/C23H24ClF4NO5/c1-23(2,3)34-22(31)29-17(8-9-32-11-13-4-6-14(24)7-5-13)18(30)12-33-21-19(27)15(25)10-16(26)20(21)28/h4-7,10,17H,8-9,11-12H2,1-3H3,(H,29,31)/t17-/m0/s1. The molecule has 11 heteroatoms. The molecule has 2 aromatic rings. The van der Waals surface area contributed by atoms with E-state index in [1.165, 1.54) is 0 Å². The van der Waals surface area contributed by atoms with Crippen molar-refractivity contribution in [1.29, 1.82) is 0 Å². The minimum absolute atomic E-state index is 0.00610. The number of amides is 1. The van der Waals surface area contributed by atoms with E-state index >= 15 is 0 Å². The van der Waals surface area contributed by atoms with Crippen LogP contribution in [0.3, 0.4) is 0 Å². The lowest BCUT2D eigenvalue weighted by atomic mass is 10.1. The molecule has 0 fully saturated rings. The number of ether oxygens (including phenoxy) is 3. The summed E-state index contributed by atoms with van der Waals surface area (Å²) < 4.78 is 69.6. The maximum absolute atomic E-state index is 13.8. The molecular formula is C23H24ClF4NO5. The van der Waals surface area contributed by atoms with Crippen LogP contribution in [0.5, 0.6) is 5.75 Å². The van der Waals surface area contributed by atoms with E-state index in [1.807, 2.05) is 0 Å². The minimum atomic E-state index is -1.78. The third-order valence-corrected chi connectivity index (χ3v) is 4.49. The molecule has 0 bridgehead atoms. The molecule has 0 saturated carbocycles. The fourth-order valence-electron chi connectivity index (χ4n) is 2.66. The van der Waals surface area contributed by atoms with Crippen molar-refractivity contribution in [2.45, 2.75) is 45.4 Å². The topological polar surface area (TPSA) is 73.9 Å². The van der Waals surface area contributed by atoms with Gasteiger partial charge in [0.05, 0.1) is 12.6 Å². The first-order valence-corrected chi connectivity index (χ1v) is 10.6. The highest BCUT2D eigenvalue weighted by Gasteiger charge is 2.27. The summed E-state index contributed by atoms with van der Waals surface area (Å²) in [7, 11) is 0. The lowest BCUT2D eigenvalue weighted by Gasteiger charge is -2.23. The minimum Gasteiger partial charge on any atom is -0.479 e. The van der Waals surface area contributed by atoms with E-state index in [0.717, 1.165) is 5.56 Å². The average Bonchev–Trinajstić information content (AvgIpc) is 2.74. The predicted molar refractivity (Wildman–Crippen MR) is 116 cm³/mol. The molecule has 1 atom stereocenters. The lowest BCUT2D eigenvalue weighted by molar-refractivity contribution is -0.123. The largest absolute Gasteiger partial charge is 0.479 e. The van der Waals surface area contributed by atoms with Gasteiger partial charge < -0.3 is 19.5 Å². The van der Waals surface area contributed by atoms with Crippen LogP contribution in [0.4, 0.5) is 22.4 Å². The third kappa shape index (κ3) is 8.49. The van der Waals surface area contributed by atoms with Crippen LogP contribution in [-0.4, -0.2) is 36.7 Å². The molecule has 1 N–H and O–H groups in total. The van der Waals surface area contributed by atoms with Crippen molar-refractivity contribution in [2.24, 2.45) is 0 Å². The summed E-state index contributed by atoms with van der Waals surface area (Å²) in [5.74, 6) is -9.13. The van der Waals surface area contributed by atoms with Gasteiger partial charge in [-0.2, -0.15) is 8.78 Å². The van der Waals surface area contributed by atoms with E-state index in [-0.39, 0.29) is 25.7 Å². The van der Waals surface area contributed by atoms with Gasteiger partial charge in [0, 0.05) is 17.7 Å². The van der Waals surface area contributed by atoms with Crippen LogP contribution in [0.1, 0.15) is 32.8 Å². The smallest absolute Gasteiger partial charge is 0.408 e. The van der Waals surface area contributed by atoms with Crippen LogP contribution in [0.25, 0.3) is 0 Å². The summed E-state index contributed by atoms with van der Waals surface area (Å²) in [6.07, 6.45) is -0.963. The van der Waals surface area contributed by atoms with E-state index in [4.69, 9.17) is 25.8 Å². The normalized spacial score (nSPS) is 12.2. The number of ketones is 1. The zero-order valence-electron chi connectivity index (χ0n) is 18.7. The quantitative estimate of drug-likeness (QED) is 0.268. The summed E-state index contributed by atoms with van der Waals surface area (Å²) in [6, 6.07) is 5.65. The molecule has 0 aromatic heterocycles. The molecule has 0 aliphatic rings. The molecule has 0 unspecified atom stereocenters. The Hall–Kier alpha value is -2.85. The zero-order valence-corrected chi connectivity index (χ0v) is 19.5. The Morgan fingerprint density at radius 3 is 2.18 bits per heavy atom. The highest BCUT2D eigenvalue weighted by Crippen LogP contribution is 2.26. The molecule has 1 amide bonds. The molecular weight excluding hydrogens is 482 g/mol. The van der Waals surface area contributed by atoms with Crippen molar-refractivity contribution in [3.8, 4) is 5.75 Å². The lowest BCUT2D eigenvalue weighted by Crippen LogP contribution is -2.45. The number of carbonyl (C=O) groups excluding carboxylic acids is 2. The highest BCUT2D eigenvalue weighted by atomic mass is 35.5. The van der Waals surface area contributed by atoms with Gasteiger partial charge in [0.25, 0.3) is 0 Å². The summed E-state index contributed by atoms with van der Waals surface area (Å²) >= 11 is 5.82. The van der Waals surface area contributed by atoms with Gasteiger partial charge in [-0.1, -0.05) is 23.7 Å². The third-order valence-electron chi connectivity index (χ3n) is 4.24. The highest BCUT2D eigenvalue weighted by molar-refractivity contribution is 6.30. The molecule has 34 heavy (non-hydrogen) atoms. The van der Waals surface area contributed by atoms with Crippen molar-refractivity contribution in [1.82, 2.24) is 5.32 Å². The van der Waals surface area contributed by atoms with Crippen molar-refractivity contribution < 1.29 is 41.4 Å². The molecule has 2 rings (SSSR count). The number of nitrogens with one attached hydrogen (secondary N) is 1. The number of rotatable bonds is 10. The van der Waals surface area contributed by atoms with E-state index in [1.54, 1.807) is 45.0 Å². The van der Waals surface area contributed by atoms with Gasteiger partial charge in [-0.3, -0.25) is 4.79 Å². The number of hydrogen-bond acceptors (Lipinski definition) is 5. The summed E-state index contributed by atoms with van der Waals surface area (Å²) in [4.78, 5) is 24.7. The first-order chi connectivity index (χ1) is 15.9. The Morgan fingerprint density at radius 1 is 1.03 bits per heavy atom. The molecule has 0 saturated heterocycles. The fourth-order valence-corrected chi connectivity index (χ4v) is 2.78. The first kappa shape index (κ1) is 27.4. The van der Waals surface area contributed by atoms with Gasteiger partial charge in [-0.15, -0.1) is 0 Å². The van der Waals surface area contributed by atoms with Gasteiger partial charge in [0.1, 0.15) is 12.2 Å². The molecule has 0 aliphatic carbocycles. The summed E-state index contributed by atoms with van der Waals surface area (Å²) in [5, 5.41) is 2.90. The van der Waals surface area contributed by atoms with E-state index < -0.39 is 59.1 Å². The van der Waals surface area contributed by atoms with Gasteiger partial charge in [0.2, 0.25) is 11.6 Å². The van der Waals surface area contributed by atoms with Gasteiger partial charge in [-0.25, -0.2) is 13.6 Å². The molecule has 0 aliphatic heterocycles. The Labute approximate surface area is 199 Å². The molecule has 2 aromatic carbocycles. The number of alkyl carbamates (subject to hydrolysis) is 1. The van der Waals surface area contributed by atoms with Crippen molar-refractivity contribution >= 4 is 23.5 Å². The number of benzene rings is 2. The number of hydrogen-bond donors (Lipinski definition) is 1. The second-order valence-electron chi connectivity index (χ2n) is 8.22. The van der Waals surface area contributed by atoms with Crippen LogP contribution in [0, 0.1) is 23.3 Å². The average molecular weight is 506 g/mol. The van der Waals surface area contributed by atoms with E-state index in [2.05, 4.69) is 5.32 Å². The van der Waals surface area contributed by atoms with Crippen LogP contribution in [-0.2, 0) is 20.9 Å². The molecule has 0 heterocycles. The van der Waals surface area contributed by atoms with Crippen LogP contribution in [0.15, 0.2) is 30.3 Å². The number of carbonyl (C=O) groups is 2. The van der Waals surface area contributed by atoms with Crippen LogP contribution < -0.4 is 10.1 Å². The Bertz CT molecular complexity index is 986. The predicted octanol–water partition coefficient (Wildman–Crippen LogP) is 5.34. The SMILES string of the molecule is CC(C)(C)OC(=O)N[C@@H](CCOCc1ccc(Cl)cc1)C(=O)COc1c(F)c(F)cc(F)c1F. The second kappa shape index (κ2) is 12.0. The van der Waals surface area contributed by atoms with Gasteiger partial charge >= 0.3 is 6.09 Å². The van der Waals surface area contributed by atoms with Crippen LogP contribution in [0.2, 0.25) is 5.02 Å². The first-order valence-electron chi connectivity index (χ1n) is 10.2. The maximum Gasteiger partial charge on any atom is 0.408 e. The zero-order chi connectivity index (χ0) is 25.5. The number of Topliss-reactive ketones (excluding diaryl/α,β-unsaturated/α-hetero) is 1. The Balaban J connectivity index is 2.03. The Morgan fingerprint density at radius 2 is 1.62 bits per heavy atom. The van der Waals surface area contributed by atoms with E-state index in [0.29, 0.717) is 5.02 Å². The molecule has 186 valence electrons. The molecule has 0 spiro atoms. The Kier molecular flexibility index (Phi) is 9.69. The molecule has 6 nitrogen and oxygen atoms in total. The van der Waals surface area contributed by atoms with E-state index in [9.17, 15) is 27.2 Å². The van der Waals surface area contributed by atoms with Gasteiger partial charge in [-0.05, 0) is 44.9 Å². The van der Waals surface area contributed by atoms with Crippen LogP contribution >= 0.6 is 11.6 Å². The van der Waals surface area contributed by atoms with Crippen molar-refractivity contribution in [3.63, 3.8) is 0 Å². The van der Waals surface area contributed by atoms with Gasteiger partial charge in [0.15, 0.2) is 23.2 Å². The molecule has 0 radical (unpaired) electrons. The monoisotopic (exact) mass is 505 g/mol. The summed E-state index contributed by atoms with van der Waals surface area (Å²) in [6.45, 7) is 4.07. The maximum atomic E-state index is 13.8. The number of halogens is 5. The van der Waals surface area contributed by atoms with Crippen molar-refractivity contribution in [2.75, 3.05) is 13.2 Å². The summed E-state index contributed by atoms with van der Waals surface area (Å²) in [5.41, 5.74) is -0.0419.